The second kappa shape index (κ2) is 3.87. The molecule has 1 aromatic heterocycles. The molecule has 8 heteroatoms. The average molecular weight is 297 g/mol. The molecule has 0 spiro atoms. The highest BCUT2D eigenvalue weighted by molar-refractivity contribution is 6.75. The molecule has 0 aromatic carbocycles. The van der Waals surface area contributed by atoms with Crippen LogP contribution in [0.3, 0.4) is 0 Å². The van der Waals surface area contributed by atoms with E-state index >= 15 is 0 Å². The van der Waals surface area contributed by atoms with E-state index in [1.165, 1.54) is 4.68 Å². The topological polar surface area (TPSA) is 30.7 Å². The normalized spacial score (nSPS) is 13.4. The van der Waals surface area contributed by atoms with Crippen LogP contribution < -0.4 is 0 Å². The Hall–Kier alpha value is 0.590. The Balaban J connectivity index is 3.29. The van der Waals surface area contributed by atoms with Crippen LogP contribution >= 0.6 is 58.0 Å². The van der Waals surface area contributed by atoms with Crippen molar-refractivity contribution in [2.24, 2.45) is 7.05 Å². The summed E-state index contributed by atoms with van der Waals surface area (Å²) in [6.45, 7) is 1.68. The van der Waals surface area contributed by atoms with E-state index in [4.69, 9.17) is 58.0 Å². The zero-order valence-electron chi connectivity index (χ0n) is 7.23. The van der Waals surface area contributed by atoms with Gasteiger partial charge >= 0.3 is 0 Å². The third kappa shape index (κ3) is 2.07. The van der Waals surface area contributed by atoms with Crippen molar-refractivity contribution in [1.82, 2.24) is 15.0 Å². The highest BCUT2D eigenvalue weighted by atomic mass is 35.6. The molecular weight excluding hydrogens is 291 g/mol. The van der Waals surface area contributed by atoms with E-state index in [0.717, 1.165) is 0 Å². The number of aromatic nitrogens is 3. The fraction of sp³-hybridized carbons (Fsp3) is 0.667. The lowest BCUT2D eigenvalue weighted by Gasteiger charge is -2.27. The first-order chi connectivity index (χ1) is 6.18. The van der Waals surface area contributed by atoms with Gasteiger partial charge in [-0.2, -0.15) is 0 Å². The number of rotatable bonds is 1. The lowest BCUT2D eigenvalue weighted by molar-refractivity contribution is 0.650. The summed E-state index contributed by atoms with van der Waals surface area (Å²) in [5.74, 6) is 0. The predicted octanol–water partition coefficient (Wildman–Crippen LogP) is 3.12. The summed E-state index contributed by atoms with van der Waals surface area (Å²) in [6, 6.07) is 0. The van der Waals surface area contributed by atoms with E-state index < -0.39 is 8.13 Å². The number of hydrogen-bond acceptors (Lipinski definition) is 2. The molecule has 0 radical (unpaired) electrons. The molecule has 0 saturated heterocycles. The smallest absolute Gasteiger partial charge is 0.228 e. The van der Waals surface area contributed by atoms with Crippen LogP contribution in [0.2, 0.25) is 0 Å². The van der Waals surface area contributed by atoms with E-state index in [9.17, 15) is 0 Å². The summed E-state index contributed by atoms with van der Waals surface area (Å²) in [4.78, 5) is 0. The van der Waals surface area contributed by atoms with Crippen molar-refractivity contribution < 1.29 is 0 Å². The Morgan fingerprint density at radius 2 is 1.64 bits per heavy atom. The molecule has 0 aliphatic carbocycles. The van der Waals surface area contributed by atoms with Crippen molar-refractivity contribution in [1.29, 1.82) is 0 Å². The van der Waals surface area contributed by atoms with E-state index in [2.05, 4.69) is 10.3 Å². The third-order valence-corrected chi connectivity index (χ3v) is 4.00. The quantitative estimate of drug-likeness (QED) is 0.746. The summed E-state index contributed by atoms with van der Waals surface area (Å²) in [6.07, 6.45) is 0. The molecule has 0 aliphatic rings. The van der Waals surface area contributed by atoms with Crippen LogP contribution in [0.25, 0.3) is 0 Å². The van der Waals surface area contributed by atoms with Gasteiger partial charge in [0.05, 0.1) is 5.69 Å². The maximum atomic E-state index is 5.96. The maximum absolute atomic E-state index is 5.96. The molecule has 0 amide bonds. The lowest BCUT2D eigenvalue weighted by atomic mass is 10.2. The molecule has 80 valence electrons. The predicted molar refractivity (Wildman–Crippen MR) is 59.4 cm³/mol. The molecule has 3 nitrogen and oxygen atoms in total. The van der Waals surface area contributed by atoms with Gasteiger partial charge in [-0.15, -0.1) is 5.10 Å². The SMILES string of the molecule is Cc1nnn(C)c1C(Cl)(Cl)C(Cl)(Cl)Cl. The fourth-order valence-corrected chi connectivity index (χ4v) is 1.81. The highest BCUT2D eigenvalue weighted by Gasteiger charge is 2.50. The van der Waals surface area contributed by atoms with Gasteiger partial charge in [0.15, 0.2) is 0 Å². The van der Waals surface area contributed by atoms with Crippen molar-refractivity contribution in [3.8, 4) is 0 Å². The first-order valence-corrected chi connectivity index (χ1v) is 5.38. The Kier molecular flexibility index (Phi) is 3.50. The van der Waals surface area contributed by atoms with E-state index in [1.807, 2.05) is 0 Å². The monoisotopic (exact) mass is 295 g/mol. The molecule has 0 bridgehead atoms. The lowest BCUT2D eigenvalue weighted by Crippen LogP contribution is -2.31. The van der Waals surface area contributed by atoms with Crippen molar-refractivity contribution >= 4 is 58.0 Å². The van der Waals surface area contributed by atoms with Crippen LogP contribution in [-0.2, 0) is 11.4 Å². The fourth-order valence-electron chi connectivity index (χ4n) is 1.03. The minimum absolute atomic E-state index is 0.362. The van der Waals surface area contributed by atoms with Gasteiger partial charge < -0.3 is 0 Å². The first kappa shape index (κ1) is 12.7. The molecule has 0 aliphatic heterocycles. The zero-order valence-corrected chi connectivity index (χ0v) is 11.0. The molecule has 1 heterocycles. The van der Waals surface area contributed by atoms with Crippen LogP contribution in [0.15, 0.2) is 0 Å². The molecule has 1 aromatic rings. The standard InChI is InChI=1S/C6H6Cl5N3/c1-3-4(14(2)13-12-3)5(7,8)6(9,10)11/h1-2H3. The summed E-state index contributed by atoms with van der Waals surface area (Å²) >= 11 is 28.9. The molecule has 14 heavy (non-hydrogen) atoms. The number of aryl methyl sites for hydroxylation is 2. The van der Waals surface area contributed by atoms with E-state index in [0.29, 0.717) is 11.4 Å². The number of alkyl halides is 5. The molecule has 1 rings (SSSR count). The Labute approximate surface area is 106 Å². The third-order valence-electron chi connectivity index (χ3n) is 1.65. The second-order valence-corrected chi connectivity index (χ2v) is 6.33. The second-order valence-electron chi connectivity index (χ2n) is 2.72. The summed E-state index contributed by atoms with van der Waals surface area (Å²) < 4.78 is -2.16. The van der Waals surface area contributed by atoms with Crippen LogP contribution in [0, 0.1) is 6.92 Å². The largest absolute Gasteiger partial charge is 0.249 e. The summed E-state index contributed by atoms with van der Waals surface area (Å²) in [5, 5.41) is 7.48. The van der Waals surface area contributed by atoms with Crippen molar-refractivity contribution in [2.75, 3.05) is 0 Å². The molecule has 0 unspecified atom stereocenters. The van der Waals surface area contributed by atoms with E-state index in [1.54, 1.807) is 14.0 Å². The molecule has 0 fully saturated rings. The summed E-state index contributed by atoms with van der Waals surface area (Å²) in [5.41, 5.74) is 0.879. The minimum Gasteiger partial charge on any atom is -0.249 e. The average Bonchev–Trinajstić information content (AvgIpc) is 2.28. The van der Waals surface area contributed by atoms with Crippen molar-refractivity contribution in [2.45, 2.75) is 15.0 Å². The Morgan fingerprint density at radius 1 is 1.14 bits per heavy atom. The van der Waals surface area contributed by atoms with Gasteiger partial charge in [-0.25, -0.2) is 4.68 Å². The van der Waals surface area contributed by atoms with Gasteiger partial charge in [0.2, 0.25) is 8.13 Å². The van der Waals surface area contributed by atoms with Gasteiger partial charge in [0.25, 0.3) is 0 Å². The van der Waals surface area contributed by atoms with Gasteiger partial charge in [-0.3, -0.25) is 0 Å². The number of hydrogen-bond donors (Lipinski definition) is 0. The van der Waals surface area contributed by atoms with Crippen LogP contribution in [0.5, 0.6) is 0 Å². The van der Waals surface area contributed by atoms with Crippen LogP contribution in [-0.4, -0.2) is 18.8 Å². The molecule has 0 atom stereocenters. The molecule has 0 N–H and O–H groups in total. The first-order valence-electron chi connectivity index (χ1n) is 3.49. The van der Waals surface area contributed by atoms with Crippen molar-refractivity contribution in [3.05, 3.63) is 11.4 Å². The number of halogens is 5. The molecular formula is C6H6Cl5N3. The van der Waals surface area contributed by atoms with Gasteiger partial charge in [-0.1, -0.05) is 63.2 Å². The van der Waals surface area contributed by atoms with Gasteiger partial charge in [0.1, 0.15) is 5.69 Å². The maximum Gasteiger partial charge on any atom is 0.228 e. The van der Waals surface area contributed by atoms with Gasteiger partial charge in [0, 0.05) is 7.05 Å². The van der Waals surface area contributed by atoms with Crippen LogP contribution in [0.1, 0.15) is 11.4 Å². The Morgan fingerprint density at radius 3 is 1.93 bits per heavy atom. The van der Waals surface area contributed by atoms with Crippen LogP contribution in [0.4, 0.5) is 0 Å². The highest BCUT2D eigenvalue weighted by Crippen LogP contribution is 2.53. The minimum atomic E-state index is -1.85. The number of nitrogens with zero attached hydrogens (tertiary/aromatic N) is 3. The zero-order chi connectivity index (χ0) is 11.1. The summed E-state index contributed by atoms with van der Waals surface area (Å²) in [7, 11) is 1.62. The molecule has 0 saturated carbocycles. The van der Waals surface area contributed by atoms with E-state index in [-0.39, 0.29) is 0 Å². The van der Waals surface area contributed by atoms with Crippen molar-refractivity contribution in [3.63, 3.8) is 0 Å². The Bertz CT molecular complexity index is 320. The van der Waals surface area contributed by atoms with Gasteiger partial charge in [-0.05, 0) is 6.92 Å².